The zero-order valence-electron chi connectivity index (χ0n) is 14.5. The molecule has 1 aromatic carbocycles. The lowest BCUT2D eigenvalue weighted by Gasteiger charge is -2.24. The van der Waals surface area contributed by atoms with Crippen LogP contribution < -0.4 is 10.2 Å². The van der Waals surface area contributed by atoms with Gasteiger partial charge in [0, 0.05) is 18.7 Å². The molecule has 1 aromatic rings. The minimum absolute atomic E-state index is 0.171. The van der Waals surface area contributed by atoms with Crippen LogP contribution in [0.2, 0.25) is 0 Å². The average molecular weight is 374 g/mol. The summed E-state index contributed by atoms with van der Waals surface area (Å²) in [6.45, 7) is 6.11. The van der Waals surface area contributed by atoms with Crippen LogP contribution in [0.5, 0.6) is 0 Å². The first kappa shape index (κ1) is 19.6. The van der Waals surface area contributed by atoms with Crippen molar-refractivity contribution in [2.75, 3.05) is 18.0 Å². The SMILES string of the molecule is CC(C)(C)OC(=O)N[C@H]1CCN(c2c(F)cccc2COS(=O)O)C1. The summed E-state index contributed by atoms with van der Waals surface area (Å²) in [6, 6.07) is 4.31. The van der Waals surface area contributed by atoms with Gasteiger partial charge in [-0.1, -0.05) is 12.1 Å². The molecule has 1 amide bonds. The molecule has 1 unspecified atom stereocenters. The minimum Gasteiger partial charge on any atom is -0.444 e. The third-order valence-corrected chi connectivity index (χ3v) is 3.93. The summed E-state index contributed by atoms with van der Waals surface area (Å²) in [5.41, 5.74) is 0.208. The molecule has 7 nitrogen and oxygen atoms in total. The van der Waals surface area contributed by atoms with Crippen molar-refractivity contribution in [1.29, 1.82) is 0 Å². The van der Waals surface area contributed by atoms with Gasteiger partial charge in [-0.05, 0) is 33.3 Å². The van der Waals surface area contributed by atoms with E-state index in [0.29, 0.717) is 30.8 Å². The van der Waals surface area contributed by atoms with Gasteiger partial charge >= 0.3 is 17.5 Å². The minimum atomic E-state index is -2.42. The van der Waals surface area contributed by atoms with Crippen LogP contribution in [-0.2, 0) is 26.9 Å². The van der Waals surface area contributed by atoms with Crippen molar-refractivity contribution in [2.45, 2.75) is 45.4 Å². The molecule has 2 N–H and O–H groups in total. The lowest BCUT2D eigenvalue weighted by Crippen LogP contribution is -2.40. The average Bonchev–Trinajstić information content (AvgIpc) is 2.90. The third-order valence-electron chi connectivity index (χ3n) is 3.61. The summed E-state index contributed by atoms with van der Waals surface area (Å²) < 4.78 is 43.6. The van der Waals surface area contributed by atoms with E-state index < -0.39 is 28.9 Å². The molecule has 1 aliphatic heterocycles. The van der Waals surface area contributed by atoms with Gasteiger partial charge in [0.2, 0.25) is 0 Å². The summed E-state index contributed by atoms with van der Waals surface area (Å²) in [6.07, 6.45) is 0.131. The van der Waals surface area contributed by atoms with E-state index >= 15 is 0 Å². The van der Waals surface area contributed by atoms with Crippen LogP contribution >= 0.6 is 0 Å². The Hall–Kier alpha value is -1.71. The number of hydrogen-bond acceptors (Lipinski definition) is 5. The van der Waals surface area contributed by atoms with E-state index in [-0.39, 0.29) is 12.6 Å². The van der Waals surface area contributed by atoms with E-state index in [0.717, 1.165) is 0 Å². The predicted octanol–water partition coefficient (Wildman–Crippen LogP) is 2.58. The fraction of sp³-hybridized carbons (Fsp3) is 0.562. The zero-order valence-corrected chi connectivity index (χ0v) is 15.3. The second-order valence-corrected chi connectivity index (χ2v) is 7.47. The van der Waals surface area contributed by atoms with Crippen LogP contribution in [0.25, 0.3) is 0 Å². The first-order valence-electron chi connectivity index (χ1n) is 7.91. The van der Waals surface area contributed by atoms with Gasteiger partial charge in [-0.15, -0.1) is 0 Å². The lowest BCUT2D eigenvalue weighted by atomic mass is 10.1. The van der Waals surface area contributed by atoms with Crippen molar-refractivity contribution in [1.82, 2.24) is 5.32 Å². The van der Waals surface area contributed by atoms with Crippen LogP contribution in [-0.4, -0.2) is 39.6 Å². The maximum absolute atomic E-state index is 14.3. The lowest BCUT2D eigenvalue weighted by molar-refractivity contribution is 0.0509. The topological polar surface area (TPSA) is 88.1 Å². The maximum atomic E-state index is 14.3. The van der Waals surface area contributed by atoms with Gasteiger partial charge in [-0.2, -0.15) is 4.21 Å². The Morgan fingerprint density at radius 3 is 2.84 bits per heavy atom. The van der Waals surface area contributed by atoms with Crippen LogP contribution in [0, 0.1) is 5.82 Å². The van der Waals surface area contributed by atoms with E-state index in [1.165, 1.54) is 12.1 Å². The van der Waals surface area contributed by atoms with Crippen LogP contribution in [0.3, 0.4) is 0 Å². The van der Waals surface area contributed by atoms with Gasteiger partial charge in [-0.25, -0.2) is 9.18 Å². The molecule has 0 spiro atoms. The number of nitrogens with one attached hydrogen (secondary N) is 1. The number of rotatable bonds is 5. The second kappa shape index (κ2) is 8.11. The Bertz CT molecular complexity index is 650. The molecule has 0 bridgehead atoms. The molecule has 1 fully saturated rings. The van der Waals surface area contributed by atoms with Gasteiger partial charge in [0.1, 0.15) is 11.4 Å². The summed E-state index contributed by atoms with van der Waals surface area (Å²) >= 11 is -2.42. The van der Waals surface area contributed by atoms with E-state index in [1.807, 2.05) is 0 Å². The molecule has 0 aromatic heterocycles. The van der Waals surface area contributed by atoms with Gasteiger partial charge in [0.25, 0.3) is 0 Å². The highest BCUT2D eigenvalue weighted by Gasteiger charge is 2.29. The zero-order chi connectivity index (χ0) is 18.6. The molecule has 0 radical (unpaired) electrons. The smallest absolute Gasteiger partial charge is 0.407 e. The number of amides is 1. The predicted molar refractivity (Wildman–Crippen MR) is 91.9 cm³/mol. The molecule has 2 rings (SSSR count). The highest BCUT2D eigenvalue weighted by molar-refractivity contribution is 7.74. The second-order valence-electron chi connectivity index (χ2n) is 6.80. The van der Waals surface area contributed by atoms with Gasteiger partial charge in [-0.3, -0.25) is 8.74 Å². The summed E-state index contributed by atoms with van der Waals surface area (Å²) in [7, 11) is 0. The first-order chi connectivity index (χ1) is 11.7. The number of nitrogens with zero attached hydrogens (tertiary/aromatic N) is 1. The van der Waals surface area contributed by atoms with E-state index in [9.17, 15) is 13.4 Å². The van der Waals surface area contributed by atoms with Crippen molar-refractivity contribution < 1.29 is 26.9 Å². The number of anilines is 1. The molecule has 1 saturated heterocycles. The largest absolute Gasteiger partial charge is 0.444 e. The van der Waals surface area contributed by atoms with Crippen molar-refractivity contribution >= 4 is 23.1 Å². The fourth-order valence-electron chi connectivity index (χ4n) is 2.70. The van der Waals surface area contributed by atoms with Crippen LogP contribution in [0.4, 0.5) is 14.9 Å². The Kier molecular flexibility index (Phi) is 6.36. The van der Waals surface area contributed by atoms with Crippen LogP contribution in [0.15, 0.2) is 18.2 Å². The highest BCUT2D eigenvalue weighted by Crippen LogP contribution is 2.28. The summed E-state index contributed by atoms with van der Waals surface area (Å²) in [5.74, 6) is -0.442. The monoisotopic (exact) mass is 374 g/mol. The molecule has 0 saturated carbocycles. The molecule has 2 atom stereocenters. The Morgan fingerprint density at radius 2 is 2.20 bits per heavy atom. The van der Waals surface area contributed by atoms with Gasteiger partial charge < -0.3 is 15.0 Å². The number of alkyl carbamates (subject to hydrolysis) is 1. The van der Waals surface area contributed by atoms with Crippen molar-refractivity contribution in [2.24, 2.45) is 0 Å². The van der Waals surface area contributed by atoms with E-state index in [2.05, 4.69) is 9.50 Å². The first-order valence-corrected chi connectivity index (χ1v) is 8.95. The molecule has 1 aliphatic rings. The molecular formula is C16H23FN2O5S. The standard InChI is InChI=1S/C16H23FN2O5S/c1-16(2,3)24-15(20)18-12-7-8-19(9-12)14-11(10-23-25(21)22)5-4-6-13(14)17/h4-6,12H,7-10H2,1-3H3,(H,18,20)(H,21,22)/t12-/m0/s1. The van der Waals surface area contributed by atoms with Gasteiger partial charge in [0.15, 0.2) is 0 Å². The molecule has 9 heteroatoms. The molecule has 1 heterocycles. The summed E-state index contributed by atoms with van der Waals surface area (Å²) in [4.78, 5) is 13.6. The number of benzene rings is 1. The number of para-hydroxylation sites is 1. The Balaban J connectivity index is 2.04. The molecular weight excluding hydrogens is 351 g/mol. The Morgan fingerprint density at radius 1 is 1.48 bits per heavy atom. The third kappa shape index (κ3) is 5.94. The highest BCUT2D eigenvalue weighted by atomic mass is 32.2. The van der Waals surface area contributed by atoms with Gasteiger partial charge in [0.05, 0.1) is 18.3 Å². The van der Waals surface area contributed by atoms with Crippen molar-refractivity contribution in [3.8, 4) is 0 Å². The number of halogens is 1. The van der Waals surface area contributed by atoms with E-state index in [4.69, 9.17) is 9.29 Å². The van der Waals surface area contributed by atoms with E-state index in [1.54, 1.807) is 31.7 Å². The summed E-state index contributed by atoms with van der Waals surface area (Å²) in [5, 5.41) is 2.78. The normalized spacial score (nSPS) is 18.9. The Labute approximate surface area is 149 Å². The number of carbonyl (C=O) groups excluding carboxylic acids is 1. The van der Waals surface area contributed by atoms with Crippen molar-refractivity contribution in [3.05, 3.63) is 29.6 Å². The number of ether oxygens (including phenoxy) is 1. The fourth-order valence-corrected chi connectivity index (χ4v) is 2.93. The molecule has 140 valence electrons. The quantitative estimate of drug-likeness (QED) is 0.770. The van der Waals surface area contributed by atoms with Crippen LogP contribution in [0.1, 0.15) is 32.8 Å². The molecule has 25 heavy (non-hydrogen) atoms. The van der Waals surface area contributed by atoms with Crippen molar-refractivity contribution in [3.63, 3.8) is 0 Å². The number of hydrogen-bond donors (Lipinski definition) is 2. The maximum Gasteiger partial charge on any atom is 0.407 e. The molecule has 0 aliphatic carbocycles. The number of carbonyl (C=O) groups is 1.